The van der Waals surface area contributed by atoms with E-state index in [1.165, 1.54) is 0 Å². The van der Waals surface area contributed by atoms with Crippen molar-refractivity contribution in [2.45, 2.75) is 12.8 Å². The van der Waals surface area contributed by atoms with Crippen LogP contribution in [-0.2, 0) is 12.8 Å². The second-order valence-electron chi connectivity index (χ2n) is 3.64. The molecule has 3 nitrogen and oxygen atoms in total. The maximum Gasteiger partial charge on any atom is 0.132 e. The topological polar surface area (TPSA) is 35.0 Å². The van der Waals surface area contributed by atoms with Gasteiger partial charge in [-0.2, -0.15) is 0 Å². The van der Waals surface area contributed by atoms with Crippen molar-refractivity contribution in [3.8, 4) is 5.75 Å². The molecule has 0 aliphatic heterocycles. The summed E-state index contributed by atoms with van der Waals surface area (Å²) in [5, 5.41) is 0.565. The normalized spacial score (nSPS) is 10.2. The number of nitrogens with zero attached hydrogens (tertiary/aromatic N) is 2. The highest BCUT2D eigenvalue weighted by Crippen LogP contribution is 2.20. The summed E-state index contributed by atoms with van der Waals surface area (Å²) < 4.78 is 5.28. The van der Waals surface area contributed by atoms with Crippen LogP contribution < -0.4 is 4.74 Å². The van der Waals surface area contributed by atoms with Crippen molar-refractivity contribution in [2.75, 3.05) is 7.11 Å². The number of aromatic nitrogens is 2. The number of rotatable bonds is 4. The van der Waals surface area contributed by atoms with Crippen LogP contribution in [0.3, 0.4) is 0 Å². The largest absolute Gasteiger partial charge is 0.496 e. The van der Waals surface area contributed by atoms with Crippen LogP contribution in [0.4, 0.5) is 0 Å². The van der Waals surface area contributed by atoms with Crippen LogP contribution in [0.15, 0.2) is 36.8 Å². The van der Waals surface area contributed by atoms with Gasteiger partial charge in [-0.05, 0) is 30.5 Å². The van der Waals surface area contributed by atoms with Gasteiger partial charge in [0.2, 0.25) is 0 Å². The Kier molecular flexibility index (Phi) is 3.94. The van der Waals surface area contributed by atoms with Gasteiger partial charge in [0, 0.05) is 24.2 Å². The molecule has 0 saturated heterocycles. The number of ether oxygens (including phenoxy) is 1. The van der Waals surface area contributed by atoms with E-state index < -0.39 is 0 Å². The third kappa shape index (κ3) is 2.94. The molecule has 0 saturated carbocycles. The van der Waals surface area contributed by atoms with E-state index in [0.717, 1.165) is 29.7 Å². The molecular formula is C13H13ClN2O. The summed E-state index contributed by atoms with van der Waals surface area (Å²) in [5.41, 5.74) is 2.12. The van der Waals surface area contributed by atoms with Crippen LogP contribution in [0.25, 0.3) is 0 Å². The Bertz CT molecular complexity index is 502. The van der Waals surface area contributed by atoms with E-state index in [-0.39, 0.29) is 0 Å². The Morgan fingerprint density at radius 2 is 2.00 bits per heavy atom. The van der Waals surface area contributed by atoms with E-state index in [2.05, 4.69) is 9.97 Å². The Hall–Kier alpha value is -1.61. The molecule has 0 radical (unpaired) electrons. The number of hydrogen-bond acceptors (Lipinski definition) is 3. The van der Waals surface area contributed by atoms with Gasteiger partial charge in [0.25, 0.3) is 0 Å². The lowest BCUT2D eigenvalue weighted by Crippen LogP contribution is -1.97. The van der Waals surface area contributed by atoms with Gasteiger partial charge in [-0.3, -0.25) is 4.98 Å². The molecule has 0 unspecified atom stereocenters. The van der Waals surface area contributed by atoms with Gasteiger partial charge in [-0.25, -0.2) is 4.98 Å². The van der Waals surface area contributed by atoms with Crippen molar-refractivity contribution < 1.29 is 4.74 Å². The highest BCUT2D eigenvalue weighted by Gasteiger charge is 2.05. The zero-order valence-electron chi connectivity index (χ0n) is 9.56. The summed E-state index contributed by atoms with van der Waals surface area (Å²) >= 11 is 6.01. The molecule has 2 aromatic rings. The van der Waals surface area contributed by atoms with Crippen molar-refractivity contribution in [3.63, 3.8) is 0 Å². The summed E-state index contributed by atoms with van der Waals surface area (Å²) in [4.78, 5) is 8.15. The summed E-state index contributed by atoms with van der Waals surface area (Å²) in [6.07, 6.45) is 6.90. The van der Waals surface area contributed by atoms with E-state index in [0.29, 0.717) is 5.15 Å². The SMILES string of the molecule is COc1ccncc1CCc1cccnc1Cl. The molecule has 4 heteroatoms. The summed E-state index contributed by atoms with van der Waals surface area (Å²) in [6.45, 7) is 0. The smallest absolute Gasteiger partial charge is 0.132 e. The van der Waals surface area contributed by atoms with E-state index in [9.17, 15) is 0 Å². The fourth-order valence-electron chi connectivity index (χ4n) is 1.68. The Morgan fingerprint density at radius 3 is 2.76 bits per heavy atom. The van der Waals surface area contributed by atoms with Crippen molar-refractivity contribution in [2.24, 2.45) is 0 Å². The van der Waals surface area contributed by atoms with Crippen LogP contribution in [0.5, 0.6) is 5.75 Å². The van der Waals surface area contributed by atoms with Crippen molar-refractivity contribution in [1.82, 2.24) is 9.97 Å². The predicted octanol–water partition coefficient (Wildman–Crippen LogP) is 2.92. The lowest BCUT2D eigenvalue weighted by Gasteiger charge is -2.07. The molecule has 0 spiro atoms. The lowest BCUT2D eigenvalue weighted by molar-refractivity contribution is 0.409. The molecule has 0 N–H and O–H groups in total. The summed E-state index contributed by atoms with van der Waals surface area (Å²) in [5.74, 6) is 0.861. The van der Waals surface area contributed by atoms with Crippen LogP contribution in [0, 0.1) is 0 Å². The van der Waals surface area contributed by atoms with Gasteiger partial charge in [-0.15, -0.1) is 0 Å². The minimum absolute atomic E-state index is 0.565. The number of aryl methyl sites for hydroxylation is 2. The van der Waals surface area contributed by atoms with Crippen molar-refractivity contribution in [3.05, 3.63) is 53.1 Å². The summed E-state index contributed by atoms with van der Waals surface area (Å²) in [7, 11) is 1.66. The Morgan fingerprint density at radius 1 is 1.18 bits per heavy atom. The van der Waals surface area contributed by atoms with E-state index in [1.54, 1.807) is 19.5 Å². The fraction of sp³-hybridized carbons (Fsp3) is 0.231. The van der Waals surface area contributed by atoms with Gasteiger partial charge < -0.3 is 4.74 Å². The zero-order chi connectivity index (χ0) is 12.1. The maximum atomic E-state index is 6.01. The van der Waals surface area contributed by atoms with Crippen molar-refractivity contribution >= 4 is 11.6 Å². The molecule has 2 heterocycles. The molecule has 0 aliphatic carbocycles. The molecular weight excluding hydrogens is 236 g/mol. The first-order valence-corrected chi connectivity index (χ1v) is 5.75. The first-order valence-electron chi connectivity index (χ1n) is 5.37. The van der Waals surface area contributed by atoms with Crippen LogP contribution >= 0.6 is 11.6 Å². The average Bonchev–Trinajstić information content (AvgIpc) is 2.38. The maximum absolute atomic E-state index is 6.01. The van der Waals surface area contributed by atoms with Gasteiger partial charge in [-0.1, -0.05) is 17.7 Å². The van der Waals surface area contributed by atoms with Crippen LogP contribution in [0.2, 0.25) is 5.15 Å². The number of pyridine rings is 2. The first-order chi connectivity index (χ1) is 8.31. The van der Waals surface area contributed by atoms with Gasteiger partial charge in [0.05, 0.1) is 7.11 Å². The fourth-order valence-corrected chi connectivity index (χ4v) is 1.89. The van der Waals surface area contributed by atoms with Crippen molar-refractivity contribution in [1.29, 1.82) is 0 Å². The third-order valence-corrected chi connectivity index (χ3v) is 2.92. The predicted molar refractivity (Wildman–Crippen MR) is 67.4 cm³/mol. The number of halogens is 1. The average molecular weight is 249 g/mol. The Balaban J connectivity index is 2.10. The minimum Gasteiger partial charge on any atom is -0.496 e. The zero-order valence-corrected chi connectivity index (χ0v) is 10.3. The molecule has 17 heavy (non-hydrogen) atoms. The van der Waals surface area contributed by atoms with Crippen LogP contribution in [-0.4, -0.2) is 17.1 Å². The monoisotopic (exact) mass is 248 g/mol. The standard InChI is InChI=1S/C13H13ClN2O/c1-17-12-6-8-15-9-11(12)5-4-10-3-2-7-16-13(10)14/h2-3,6-9H,4-5H2,1H3. The molecule has 2 rings (SSSR count). The molecule has 2 aromatic heterocycles. The molecule has 0 atom stereocenters. The molecule has 0 fully saturated rings. The van der Waals surface area contributed by atoms with Crippen LogP contribution in [0.1, 0.15) is 11.1 Å². The van der Waals surface area contributed by atoms with E-state index >= 15 is 0 Å². The Labute approximate surface area is 105 Å². The van der Waals surface area contributed by atoms with Gasteiger partial charge >= 0.3 is 0 Å². The lowest BCUT2D eigenvalue weighted by atomic mass is 10.1. The number of methoxy groups -OCH3 is 1. The van der Waals surface area contributed by atoms with Gasteiger partial charge in [0.1, 0.15) is 10.9 Å². The van der Waals surface area contributed by atoms with E-state index in [1.807, 2.05) is 24.4 Å². The molecule has 0 amide bonds. The molecule has 0 bridgehead atoms. The molecule has 0 aliphatic rings. The highest BCUT2D eigenvalue weighted by atomic mass is 35.5. The molecule has 88 valence electrons. The van der Waals surface area contributed by atoms with Gasteiger partial charge in [0.15, 0.2) is 0 Å². The third-order valence-electron chi connectivity index (χ3n) is 2.58. The quantitative estimate of drug-likeness (QED) is 0.781. The van der Waals surface area contributed by atoms with E-state index in [4.69, 9.17) is 16.3 Å². The minimum atomic E-state index is 0.565. The molecule has 0 aromatic carbocycles. The number of hydrogen-bond donors (Lipinski definition) is 0. The summed E-state index contributed by atoms with van der Waals surface area (Å²) in [6, 6.07) is 5.74. The second-order valence-corrected chi connectivity index (χ2v) is 4.00. The highest BCUT2D eigenvalue weighted by molar-refractivity contribution is 6.30. The second kappa shape index (κ2) is 5.64. The first kappa shape index (κ1) is 11.9.